The summed E-state index contributed by atoms with van der Waals surface area (Å²) in [5.41, 5.74) is 0. The second kappa shape index (κ2) is 4.53. The van der Waals surface area contributed by atoms with E-state index in [1.54, 1.807) is 0 Å². The van der Waals surface area contributed by atoms with E-state index < -0.39 is 22.1 Å². The van der Waals surface area contributed by atoms with Crippen molar-refractivity contribution < 1.29 is 20.4 Å². The topological polar surface area (TPSA) is 80.9 Å². The largest absolute Gasteiger partial charge is 0.389 e. The Morgan fingerprint density at radius 1 is 0.722 bits per heavy atom. The maximum Gasteiger partial charge on any atom is 0.148 e. The lowest BCUT2D eigenvalue weighted by atomic mass is 9.92. The molecule has 0 radical (unpaired) electrons. The molecule has 4 nitrogen and oxygen atoms in total. The second-order valence-corrected chi connectivity index (χ2v) is 8.53. The van der Waals surface area contributed by atoms with Gasteiger partial charge in [-0.1, -0.05) is 0 Å². The lowest BCUT2D eigenvalue weighted by molar-refractivity contribution is -0.0550. The van der Waals surface area contributed by atoms with Gasteiger partial charge in [-0.3, -0.25) is 0 Å². The average Bonchev–Trinajstić information content (AvgIpc) is 2.32. The third kappa shape index (κ3) is 1.84. The van der Waals surface area contributed by atoms with Crippen LogP contribution in [0.15, 0.2) is 0 Å². The molecule has 4 N–H and O–H groups in total. The number of hydrogen-bond acceptors (Lipinski definition) is 6. The van der Waals surface area contributed by atoms with Crippen LogP contribution < -0.4 is 0 Å². The molecule has 1 aliphatic heterocycles. The standard InChI is InChI=1S/C12H20O4S2/c13-7-3-1-5-9-11(7,15)18-10-6-2-4-8(14)12(10,16)17-9/h7-10,13-16H,1-6H2. The first kappa shape index (κ1) is 13.5. The Labute approximate surface area is 115 Å². The number of fused-ring (bicyclic) bond motifs is 2. The summed E-state index contributed by atoms with van der Waals surface area (Å²) < 4.78 is 0. The Balaban J connectivity index is 1.89. The van der Waals surface area contributed by atoms with Crippen molar-refractivity contribution in [2.45, 2.75) is 71.1 Å². The molecule has 6 atom stereocenters. The van der Waals surface area contributed by atoms with Crippen LogP contribution in [-0.4, -0.2) is 53.0 Å². The Kier molecular flexibility index (Phi) is 3.40. The molecule has 3 rings (SSSR count). The van der Waals surface area contributed by atoms with Crippen LogP contribution in [0.3, 0.4) is 0 Å². The smallest absolute Gasteiger partial charge is 0.148 e. The predicted octanol–water partition coefficient (Wildman–Crippen LogP) is 0.670. The molecule has 0 amide bonds. The van der Waals surface area contributed by atoms with Gasteiger partial charge in [-0.05, 0) is 38.5 Å². The summed E-state index contributed by atoms with van der Waals surface area (Å²) in [6, 6.07) is 0. The van der Waals surface area contributed by atoms with E-state index in [-0.39, 0.29) is 10.5 Å². The van der Waals surface area contributed by atoms with E-state index in [2.05, 4.69) is 0 Å². The molecule has 0 aromatic rings. The lowest BCUT2D eigenvalue weighted by Gasteiger charge is -2.56. The zero-order valence-corrected chi connectivity index (χ0v) is 11.8. The number of thioether (sulfide) groups is 2. The van der Waals surface area contributed by atoms with Gasteiger partial charge in [-0.2, -0.15) is 0 Å². The van der Waals surface area contributed by atoms with Gasteiger partial charge in [-0.15, -0.1) is 23.5 Å². The fraction of sp³-hybridized carbons (Fsp3) is 1.00. The Morgan fingerprint density at radius 3 is 1.50 bits per heavy atom. The first-order chi connectivity index (χ1) is 8.47. The van der Waals surface area contributed by atoms with Crippen LogP contribution in [0.5, 0.6) is 0 Å². The summed E-state index contributed by atoms with van der Waals surface area (Å²) in [5, 5.41) is 41.2. The molecule has 1 saturated heterocycles. The molecule has 0 spiro atoms. The molecule has 6 unspecified atom stereocenters. The number of aliphatic hydroxyl groups excluding tert-OH is 2. The van der Waals surface area contributed by atoms with Crippen molar-refractivity contribution in [2.75, 3.05) is 0 Å². The van der Waals surface area contributed by atoms with Crippen LogP contribution in [0, 0.1) is 0 Å². The summed E-state index contributed by atoms with van der Waals surface area (Å²) in [6.45, 7) is 0. The summed E-state index contributed by atoms with van der Waals surface area (Å²) in [7, 11) is 0. The first-order valence-corrected chi connectivity index (χ1v) is 8.39. The molecule has 2 aliphatic carbocycles. The van der Waals surface area contributed by atoms with Gasteiger partial charge < -0.3 is 20.4 Å². The fourth-order valence-corrected chi connectivity index (χ4v) is 7.14. The van der Waals surface area contributed by atoms with Crippen molar-refractivity contribution in [3.8, 4) is 0 Å². The van der Waals surface area contributed by atoms with Gasteiger partial charge in [-0.25, -0.2) is 0 Å². The monoisotopic (exact) mass is 292 g/mol. The minimum absolute atomic E-state index is 0.194. The van der Waals surface area contributed by atoms with Gasteiger partial charge >= 0.3 is 0 Å². The van der Waals surface area contributed by atoms with Gasteiger partial charge in [0.2, 0.25) is 0 Å². The van der Waals surface area contributed by atoms with Crippen LogP contribution in [0.4, 0.5) is 0 Å². The number of rotatable bonds is 0. The second-order valence-electron chi connectivity index (χ2n) is 5.61. The first-order valence-electron chi connectivity index (χ1n) is 6.63. The van der Waals surface area contributed by atoms with Gasteiger partial charge in [0.25, 0.3) is 0 Å². The molecule has 3 aliphatic rings. The molecule has 0 aromatic carbocycles. The molecular formula is C12H20O4S2. The van der Waals surface area contributed by atoms with E-state index in [0.717, 1.165) is 25.7 Å². The molecule has 6 heteroatoms. The maximum atomic E-state index is 10.7. The predicted molar refractivity (Wildman–Crippen MR) is 72.4 cm³/mol. The van der Waals surface area contributed by atoms with E-state index in [9.17, 15) is 20.4 Å². The lowest BCUT2D eigenvalue weighted by Crippen LogP contribution is -2.63. The van der Waals surface area contributed by atoms with E-state index in [4.69, 9.17) is 0 Å². The van der Waals surface area contributed by atoms with Gasteiger partial charge in [0.05, 0.1) is 12.2 Å². The zero-order chi connectivity index (χ0) is 13.0. The van der Waals surface area contributed by atoms with Gasteiger partial charge in [0.1, 0.15) is 9.87 Å². The maximum absolute atomic E-state index is 10.7. The minimum Gasteiger partial charge on any atom is -0.389 e. The van der Waals surface area contributed by atoms with E-state index >= 15 is 0 Å². The molecule has 1 heterocycles. The van der Waals surface area contributed by atoms with Crippen LogP contribution in [0.1, 0.15) is 38.5 Å². The third-order valence-electron chi connectivity index (χ3n) is 4.43. The highest BCUT2D eigenvalue weighted by molar-refractivity contribution is 8.08. The highest BCUT2D eigenvalue weighted by atomic mass is 32.2. The summed E-state index contributed by atoms with van der Waals surface area (Å²) >= 11 is 2.57. The quantitative estimate of drug-likeness (QED) is 0.525. The minimum atomic E-state index is -1.16. The fourth-order valence-electron chi connectivity index (χ4n) is 3.30. The zero-order valence-electron chi connectivity index (χ0n) is 10.2. The average molecular weight is 292 g/mol. The highest BCUT2D eigenvalue weighted by Gasteiger charge is 2.61. The molecule has 104 valence electrons. The van der Waals surface area contributed by atoms with E-state index in [1.807, 2.05) is 0 Å². The molecule has 3 fully saturated rings. The van der Waals surface area contributed by atoms with Crippen molar-refractivity contribution in [3.63, 3.8) is 0 Å². The molecule has 2 saturated carbocycles. The number of hydrogen-bond donors (Lipinski definition) is 4. The molecule has 0 bridgehead atoms. The van der Waals surface area contributed by atoms with Crippen molar-refractivity contribution >= 4 is 23.5 Å². The van der Waals surface area contributed by atoms with Crippen LogP contribution in [0.2, 0.25) is 0 Å². The third-order valence-corrected chi connectivity index (χ3v) is 8.35. The van der Waals surface area contributed by atoms with Gasteiger partial charge in [0, 0.05) is 10.5 Å². The van der Waals surface area contributed by atoms with Crippen LogP contribution in [0.25, 0.3) is 0 Å². The van der Waals surface area contributed by atoms with Crippen molar-refractivity contribution in [3.05, 3.63) is 0 Å². The Bertz CT molecular complexity index is 310. The van der Waals surface area contributed by atoms with Gasteiger partial charge in [0.15, 0.2) is 0 Å². The van der Waals surface area contributed by atoms with Crippen molar-refractivity contribution in [2.24, 2.45) is 0 Å². The van der Waals surface area contributed by atoms with Crippen molar-refractivity contribution in [1.82, 2.24) is 0 Å². The molecular weight excluding hydrogens is 272 g/mol. The summed E-state index contributed by atoms with van der Waals surface area (Å²) in [4.78, 5) is -2.31. The van der Waals surface area contributed by atoms with Crippen molar-refractivity contribution in [1.29, 1.82) is 0 Å². The highest BCUT2D eigenvalue weighted by Crippen LogP contribution is 2.60. The SMILES string of the molecule is OC1CCCC2SC3(O)C(O)CCCC3SC12O. The summed E-state index contributed by atoms with van der Waals surface area (Å²) in [5.74, 6) is 0. The molecule has 18 heavy (non-hydrogen) atoms. The van der Waals surface area contributed by atoms with Crippen LogP contribution >= 0.6 is 23.5 Å². The Hall–Kier alpha value is 0.540. The van der Waals surface area contributed by atoms with Crippen LogP contribution in [-0.2, 0) is 0 Å². The Morgan fingerprint density at radius 2 is 1.11 bits per heavy atom. The summed E-state index contributed by atoms with van der Waals surface area (Å²) in [6.07, 6.45) is 3.08. The van der Waals surface area contributed by atoms with E-state index in [1.165, 1.54) is 23.5 Å². The number of aliphatic hydroxyl groups is 4. The molecule has 0 aromatic heterocycles. The van der Waals surface area contributed by atoms with E-state index in [0.29, 0.717) is 12.8 Å². The normalized spacial score (nSPS) is 56.7.